The Balaban J connectivity index is 1.46. The maximum Gasteiger partial charge on any atom is 0.261 e. The van der Waals surface area contributed by atoms with Crippen molar-refractivity contribution in [3.63, 3.8) is 0 Å². The molecule has 10 nitrogen and oxygen atoms in total. The van der Waals surface area contributed by atoms with Crippen LogP contribution in [-0.2, 0) is 6.42 Å². The Morgan fingerprint density at radius 1 is 1.08 bits per heavy atom. The number of imidazole rings is 1. The monoisotopic (exact) mass is 523 g/mol. The van der Waals surface area contributed by atoms with Crippen molar-refractivity contribution in [2.24, 2.45) is 0 Å². The zero-order valence-electron chi connectivity index (χ0n) is 20.1. The number of hydrogen-bond acceptors (Lipinski definition) is 7. The highest BCUT2D eigenvalue weighted by molar-refractivity contribution is 6.22. The molecule has 0 aliphatic carbocycles. The number of imide groups is 1. The van der Waals surface area contributed by atoms with Crippen LogP contribution in [0.5, 0.6) is 0 Å². The van der Waals surface area contributed by atoms with Crippen LogP contribution in [0.2, 0.25) is 0 Å². The summed E-state index contributed by atoms with van der Waals surface area (Å²) >= 11 is 0. The summed E-state index contributed by atoms with van der Waals surface area (Å²) in [7, 11) is 0. The van der Waals surface area contributed by atoms with Crippen LogP contribution in [0.15, 0.2) is 47.4 Å². The molecule has 2 aromatic heterocycles. The number of aliphatic hydroxyl groups is 2. The maximum absolute atomic E-state index is 14.1. The van der Waals surface area contributed by atoms with Crippen LogP contribution in [0.4, 0.5) is 14.5 Å². The number of nitrogens with zero attached hydrogens (tertiary/aromatic N) is 2. The number of aromatic nitrogens is 3. The highest BCUT2D eigenvalue weighted by atomic mass is 19.1. The molecule has 0 radical (unpaired) electrons. The highest BCUT2D eigenvalue weighted by Gasteiger charge is 2.37. The zero-order chi connectivity index (χ0) is 27.1. The molecule has 196 valence electrons. The van der Waals surface area contributed by atoms with Crippen LogP contribution < -0.4 is 10.9 Å². The number of carbonyl (C=O) groups is 2. The summed E-state index contributed by atoms with van der Waals surface area (Å²) in [5, 5.41) is 21.9. The summed E-state index contributed by atoms with van der Waals surface area (Å²) in [6.07, 6.45) is 0.324. The number of fused-ring (bicyclic) bond motifs is 2. The first-order valence-corrected chi connectivity index (χ1v) is 11.8. The van der Waals surface area contributed by atoms with Gasteiger partial charge in [-0.15, -0.1) is 0 Å². The van der Waals surface area contributed by atoms with Gasteiger partial charge in [-0.1, -0.05) is 0 Å². The van der Waals surface area contributed by atoms with Gasteiger partial charge in [-0.3, -0.25) is 19.3 Å². The molecule has 38 heavy (non-hydrogen) atoms. The zero-order valence-corrected chi connectivity index (χ0v) is 20.1. The summed E-state index contributed by atoms with van der Waals surface area (Å²) in [4.78, 5) is 49.3. The Morgan fingerprint density at radius 2 is 1.82 bits per heavy atom. The molecular formula is C26H23F2N5O5. The molecule has 1 aliphatic heterocycles. The third-order valence-electron chi connectivity index (χ3n) is 6.31. The van der Waals surface area contributed by atoms with Gasteiger partial charge in [0.1, 0.15) is 23.0 Å². The van der Waals surface area contributed by atoms with E-state index >= 15 is 0 Å². The number of benzene rings is 2. The number of nitrogens with one attached hydrogen (secondary N) is 3. The summed E-state index contributed by atoms with van der Waals surface area (Å²) in [6, 6.07) is 7.32. The second kappa shape index (κ2) is 9.80. The first-order chi connectivity index (χ1) is 18.2. The molecule has 2 unspecified atom stereocenters. The fraction of sp³-hybridized carbons (Fsp3) is 0.231. The van der Waals surface area contributed by atoms with Crippen LogP contribution in [0.3, 0.4) is 0 Å². The molecule has 3 heterocycles. The normalized spacial score (nSPS) is 14.7. The van der Waals surface area contributed by atoms with Crippen molar-refractivity contribution in [1.29, 1.82) is 0 Å². The smallest absolute Gasteiger partial charge is 0.261 e. The van der Waals surface area contributed by atoms with E-state index in [1.54, 1.807) is 13.0 Å². The lowest BCUT2D eigenvalue weighted by Gasteiger charge is -2.17. The Hall–Kier alpha value is -4.42. The number of anilines is 1. The van der Waals surface area contributed by atoms with E-state index in [0.29, 0.717) is 16.7 Å². The third kappa shape index (κ3) is 4.55. The van der Waals surface area contributed by atoms with Crippen molar-refractivity contribution in [2.75, 3.05) is 18.5 Å². The van der Waals surface area contributed by atoms with Gasteiger partial charge >= 0.3 is 0 Å². The van der Waals surface area contributed by atoms with E-state index in [0.717, 1.165) is 23.1 Å². The predicted molar refractivity (Wildman–Crippen MR) is 134 cm³/mol. The number of H-pyrrole nitrogens is 2. The average molecular weight is 523 g/mol. The van der Waals surface area contributed by atoms with Gasteiger partial charge in [-0.05, 0) is 55.3 Å². The van der Waals surface area contributed by atoms with Crippen molar-refractivity contribution in [3.8, 4) is 11.4 Å². The lowest BCUT2D eigenvalue weighted by molar-refractivity contribution is 0.0426. The van der Waals surface area contributed by atoms with E-state index in [-0.39, 0.29) is 41.0 Å². The number of pyridine rings is 1. The molecule has 5 rings (SSSR count). The fourth-order valence-corrected chi connectivity index (χ4v) is 4.53. The minimum atomic E-state index is -1.26. The van der Waals surface area contributed by atoms with Crippen LogP contribution in [0.25, 0.3) is 22.4 Å². The molecule has 2 atom stereocenters. The third-order valence-corrected chi connectivity index (χ3v) is 6.31. The Kier molecular flexibility index (Phi) is 6.51. The van der Waals surface area contributed by atoms with E-state index in [9.17, 15) is 28.3 Å². The minimum Gasteiger partial charge on any atom is -0.394 e. The van der Waals surface area contributed by atoms with Crippen molar-refractivity contribution in [3.05, 3.63) is 81.3 Å². The van der Waals surface area contributed by atoms with Gasteiger partial charge in [-0.25, -0.2) is 13.8 Å². The topological polar surface area (TPSA) is 151 Å². The molecule has 0 saturated carbocycles. The van der Waals surface area contributed by atoms with Crippen molar-refractivity contribution in [2.45, 2.75) is 25.5 Å². The molecule has 2 amide bonds. The Morgan fingerprint density at radius 3 is 2.55 bits per heavy atom. The number of aliphatic hydroxyl groups excluding tert-OH is 2. The minimum absolute atomic E-state index is 0.0942. The molecule has 5 N–H and O–H groups in total. The predicted octanol–water partition coefficient (Wildman–Crippen LogP) is 2.19. The largest absolute Gasteiger partial charge is 0.394 e. The van der Waals surface area contributed by atoms with E-state index in [1.807, 2.05) is 0 Å². The van der Waals surface area contributed by atoms with Crippen LogP contribution in [0.1, 0.15) is 33.2 Å². The number of aromatic amines is 2. The molecular weight excluding hydrogens is 500 g/mol. The van der Waals surface area contributed by atoms with E-state index in [4.69, 9.17) is 5.11 Å². The first-order valence-electron chi connectivity index (χ1n) is 11.8. The molecule has 0 spiro atoms. The highest BCUT2D eigenvalue weighted by Crippen LogP contribution is 2.30. The van der Waals surface area contributed by atoms with Crippen LogP contribution >= 0.6 is 0 Å². The molecule has 2 aromatic carbocycles. The van der Waals surface area contributed by atoms with E-state index in [2.05, 4.69) is 20.3 Å². The molecule has 0 saturated heterocycles. The van der Waals surface area contributed by atoms with Gasteiger partial charge in [0, 0.05) is 12.2 Å². The van der Waals surface area contributed by atoms with Gasteiger partial charge in [0.15, 0.2) is 0 Å². The number of hydrogen-bond donors (Lipinski definition) is 5. The number of halogens is 2. The quantitative estimate of drug-likeness (QED) is 0.222. The van der Waals surface area contributed by atoms with Gasteiger partial charge in [0.05, 0.1) is 47.1 Å². The van der Waals surface area contributed by atoms with E-state index < -0.39 is 47.8 Å². The van der Waals surface area contributed by atoms with Crippen LogP contribution in [0, 0.1) is 11.6 Å². The lowest BCUT2D eigenvalue weighted by atomic mass is 10.1. The molecule has 12 heteroatoms. The van der Waals surface area contributed by atoms with Gasteiger partial charge in [0.2, 0.25) is 0 Å². The lowest BCUT2D eigenvalue weighted by Crippen LogP contribution is -2.38. The standard InChI is InChI=1S/C26H23F2N5O5/c1-12(6-13-7-14(27)2-3-18(13)28)30-19-4-5-29-24(36)22(19)23-31-20-8-16-17(9-21(20)32-23)26(38)33(25(16)37)10-15(35)11-34/h2-5,7-9,12,15,34-35H,6,10-11H2,1H3,(H,31,32)(H2,29,30,36). The molecule has 4 aromatic rings. The number of carbonyl (C=O) groups excluding carboxylic acids is 2. The summed E-state index contributed by atoms with van der Waals surface area (Å²) < 4.78 is 27.7. The number of amides is 2. The molecule has 0 bridgehead atoms. The maximum atomic E-state index is 14.1. The van der Waals surface area contributed by atoms with Gasteiger partial charge in [0.25, 0.3) is 17.4 Å². The summed E-state index contributed by atoms with van der Waals surface area (Å²) in [5.74, 6) is -2.16. The average Bonchev–Trinajstić information content (AvgIpc) is 3.38. The molecule has 1 aliphatic rings. The van der Waals surface area contributed by atoms with Crippen molar-refractivity contribution in [1.82, 2.24) is 19.9 Å². The number of rotatable bonds is 8. The van der Waals surface area contributed by atoms with Crippen LogP contribution in [-0.4, -0.2) is 67.2 Å². The van der Waals surface area contributed by atoms with Gasteiger partial charge in [-0.2, -0.15) is 0 Å². The number of β-amino-alcohol motifs (C(OH)–C–C–N with tert-alkyl or cyclic N) is 1. The SMILES string of the molecule is CC(Cc1cc(F)ccc1F)Nc1cc[nH]c(=O)c1-c1nc2cc3c(cc2[nH]1)C(=O)N(CC(O)CO)C3=O. The molecule has 0 fully saturated rings. The summed E-state index contributed by atoms with van der Waals surface area (Å²) in [6.45, 7) is 0.813. The second-order valence-corrected chi connectivity index (χ2v) is 9.14. The van der Waals surface area contributed by atoms with Crippen molar-refractivity contribution >= 4 is 28.5 Å². The Bertz CT molecular complexity index is 1580. The summed E-state index contributed by atoms with van der Waals surface area (Å²) in [5.41, 5.74) is 1.18. The second-order valence-electron chi connectivity index (χ2n) is 9.14. The van der Waals surface area contributed by atoms with Gasteiger partial charge < -0.3 is 25.5 Å². The fourth-order valence-electron chi connectivity index (χ4n) is 4.53. The first kappa shape index (κ1) is 25.2. The Labute approximate surface area is 214 Å². The van der Waals surface area contributed by atoms with Crippen molar-refractivity contribution < 1.29 is 28.6 Å². The van der Waals surface area contributed by atoms with E-state index in [1.165, 1.54) is 18.3 Å².